The number of carbonyl (C=O) groups is 2. The zero-order valence-electron chi connectivity index (χ0n) is 17.8. The van der Waals surface area contributed by atoms with Gasteiger partial charge in [0.05, 0.1) is 12.7 Å². The third-order valence-electron chi connectivity index (χ3n) is 6.62. The first kappa shape index (κ1) is 20.5. The average Bonchev–Trinajstić information content (AvgIpc) is 3.18. The van der Waals surface area contributed by atoms with Crippen molar-refractivity contribution in [3.05, 3.63) is 59.7 Å². The second kappa shape index (κ2) is 8.90. The molecule has 2 aromatic carbocycles. The van der Waals surface area contributed by atoms with Crippen LogP contribution in [-0.4, -0.2) is 35.9 Å². The van der Waals surface area contributed by atoms with Crippen molar-refractivity contribution in [1.82, 2.24) is 4.90 Å². The number of aryl methyl sites for hydroxylation is 1. The van der Waals surface area contributed by atoms with Crippen molar-refractivity contribution in [3.63, 3.8) is 0 Å². The fourth-order valence-corrected chi connectivity index (χ4v) is 5.11. The molecule has 2 amide bonds. The molecule has 4 rings (SSSR count). The second-order valence-electron chi connectivity index (χ2n) is 8.28. The van der Waals surface area contributed by atoms with Crippen LogP contribution in [0.3, 0.4) is 0 Å². The zero-order chi connectivity index (χ0) is 21.1. The van der Waals surface area contributed by atoms with Gasteiger partial charge in [-0.05, 0) is 55.4 Å². The van der Waals surface area contributed by atoms with E-state index >= 15 is 0 Å². The first-order valence-corrected chi connectivity index (χ1v) is 11.0. The fourth-order valence-electron chi connectivity index (χ4n) is 5.11. The third kappa shape index (κ3) is 3.81. The van der Waals surface area contributed by atoms with Gasteiger partial charge in [0.1, 0.15) is 11.8 Å². The van der Waals surface area contributed by atoms with Crippen LogP contribution in [0.2, 0.25) is 0 Å². The van der Waals surface area contributed by atoms with E-state index in [0.717, 1.165) is 43.4 Å². The number of carbonyl (C=O) groups excluding carboxylic acids is 2. The number of hydrogen-bond donors (Lipinski definition) is 1. The molecule has 2 aromatic rings. The summed E-state index contributed by atoms with van der Waals surface area (Å²) in [6.07, 6.45) is 5.88. The van der Waals surface area contributed by atoms with Crippen LogP contribution in [0.25, 0.3) is 0 Å². The van der Waals surface area contributed by atoms with E-state index in [2.05, 4.69) is 12.2 Å². The molecular formula is C25H30N2O3. The number of para-hydroxylation sites is 2. The number of amides is 2. The van der Waals surface area contributed by atoms with Gasteiger partial charge in [-0.2, -0.15) is 0 Å². The van der Waals surface area contributed by atoms with Gasteiger partial charge in [-0.25, -0.2) is 0 Å². The molecule has 2 aliphatic rings. The Labute approximate surface area is 178 Å². The van der Waals surface area contributed by atoms with Gasteiger partial charge in [-0.3, -0.25) is 9.59 Å². The van der Waals surface area contributed by atoms with Crippen molar-refractivity contribution < 1.29 is 14.3 Å². The van der Waals surface area contributed by atoms with Gasteiger partial charge < -0.3 is 15.0 Å². The Hall–Kier alpha value is -2.82. The van der Waals surface area contributed by atoms with Gasteiger partial charge in [0.2, 0.25) is 5.91 Å². The van der Waals surface area contributed by atoms with Crippen LogP contribution in [0.4, 0.5) is 5.69 Å². The largest absolute Gasteiger partial charge is 0.496 e. The number of nitrogens with one attached hydrogen (secondary N) is 1. The minimum Gasteiger partial charge on any atom is -0.496 e. The van der Waals surface area contributed by atoms with Crippen LogP contribution in [0.1, 0.15) is 54.9 Å². The van der Waals surface area contributed by atoms with Gasteiger partial charge in [-0.1, -0.05) is 50.1 Å². The molecule has 1 N–H and O–H groups in total. The van der Waals surface area contributed by atoms with Gasteiger partial charge in [-0.15, -0.1) is 0 Å². The molecule has 1 saturated carbocycles. The fraction of sp³-hybridized carbons (Fsp3) is 0.440. The molecule has 1 heterocycles. The predicted octanol–water partition coefficient (Wildman–Crippen LogP) is 4.67. The summed E-state index contributed by atoms with van der Waals surface area (Å²) in [5.74, 6) is 0.742. The van der Waals surface area contributed by atoms with Crippen molar-refractivity contribution in [2.24, 2.45) is 5.92 Å². The Kier molecular flexibility index (Phi) is 6.07. The van der Waals surface area contributed by atoms with Gasteiger partial charge >= 0.3 is 0 Å². The topological polar surface area (TPSA) is 58.6 Å². The van der Waals surface area contributed by atoms with Crippen molar-refractivity contribution in [3.8, 4) is 5.75 Å². The molecule has 2 fully saturated rings. The molecule has 0 bridgehead atoms. The zero-order valence-corrected chi connectivity index (χ0v) is 17.8. The maximum absolute atomic E-state index is 13.6. The van der Waals surface area contributed by atoms with E-state index in [0.29, 0.717) is 17.2 Å². The number of likely N-dealkylation sites (tertiary alicyclic amines) is 1. The van der Waals surface area contributed by atoms with E-state index in [1.807, 2.05) is 41.3 Å². The molecule has 0 radical (unpaired) electrons. The van der Waals surface area contributed by atoms with E-state index in [9.17, 15) is 9.59 Å². The average molecular weight is 407 g/mol. The summed E-state index contributed by atoms with van der Waals surface area (Å²) in [7, 11) is 1.57. The number of fused-ring (bicyclic) bond motifs is 1. The minimum absolute atomic E-state index is 0.0893. The molecule has 158 valence electrons. The van der Waals surface area contributed by atoms with E-state index in [-0.39, 0.29) is 17.9 Å². The Morgan fingerprint density at radius 3 is 2.60 bits per heavy atom. The lowest BCUT2D eigenvalue weighted by Gasteiger charge is -2.34. The van der Waals surface area contributed by atoms with Crippen molar-refractivity contribution in [2.75, 3.05) is 12.4 Å². The highest BCUT2D eigenvalue weighted by atomic mass is 16.5. The minimum atomic E-state index is -0.458. The normalized spacial score (nSPS) is 23.0. The molecule has 5 nitrogen and oxygen atoms in total. The van der Waals surface area contributed by atoms with Crippen molar-refractivity contribution >= 4 is 17.5 Å². The number of benzene rings is 2. The number of hydrogen-bond acceptors (Lipinski definition) is 3. The molecule has 3 atom stereocenters. The van der Waals surface area contributed by atoms with E-state index in [4.69, 9.17) is 4.74 Å². The number of rotatable bonds is 5. The van der Waals surface area contributed by atoms with Crippen molar-refractivity contribution in [1.29, 1.82) is 0 Å². The molecule has 1 aliphatic heterocycles. The summed E-state index contributed by atoms with van der Waals surface area (Å²) in [6, 6.07) is 14.8. The lowest BCUT2D eigenvalue weighted by Crippen LogP contribution is -2.48. The number of ether oxygens (including phenoxy) is 1. The van der Waals surface area contributed by atoms with E-state index in [1.165, 1.54) is 6.42 Å². The maximum atomic E-state index is 13.6. The van der Waals surface area contributed by atoms with Gasteiger partial charge in [0.15, 0.2) is 0 Å². The van der Waals surface area contributed by atoms with E-state index < -0.39 is 6.04 Å². The van der Waals surface area contributed by atoms with Crippen LogP contribution in [0.15, 0.2) is 48.5 Å². The summed E-state index contributed by atoms with van der Waals surface area (Å²) < 4.78 is 5.44. The first-order valence-electron chi connectivity index (χ1n) is 11.0. The Morgan fingerprint density at radius 2 is 1.80 bits per heavy atom. The molecule has 1 aliphatic carbocycles. The number of nitrogens with zero attached hydrogens (tertiary/aromatic N) is 1. The summed E-state index contributed by atoms with van der Waals surface area (Å²) in [5.41, 5.74) is 2.46. The summed E-state index contributed by atoms with van der Waals surface area (Å²) >= 11 is 0. The van der Waals surface area contributed by atoms with Crippen LogP contribution in [0.5, 0.6) is 5.75 Å². The van der Waals surface area contributed by atoms with Gasteiger partial charge in [0.25, 0.3) is 5.91 Å². The molecule has 1 saturated heterocycles. The molecule has 0 aromatic heterocycles. The highest BCUT2D eigenvalue weighted by molar-refractivity contribution is 6.03. The Balaban J connectivity index is 1.65. The lowest BCUT2D eigenvalue weighted by atomic mass is 9.84. The van der Waals surface area contributed by atoms with Crippen LogP contribution >= 0.6 is 0 Å². The molecule has 5 heteroatoms. The van der Waals surface area contributed by atoms with E-state index in [1.54, 1.807) is 19.2 Å². The highest BCUT2D eigenvalue weighted by Crippen LogP contribution is 2.41. The molecule has 0 spiro atoms. The Morgan fingerprint density at radius 1 is 1.07 bits per heavy atom. The van der Waals surface area contributed by atoms with Crippen LogP contribution in [0, 0.1) is 5.92 Å². The van der Waals surface area contributed by atoms with Crippen molar-refractivity contribution in [2.45, 2.75) is 57.5 Å². The highest BCUT2D eigenvalue weighted by Gasteiger charge is 2.48. The quantitative estimate of drug-likeness (QED) is 0.785. The second-order valence-corrected chi connectivity index (χ2v) is 8.28. The first-order chi connectivity index (χ1) is 14.6. The summed E-state index contributed by atoms with van der Waals surface area (Å²) in [4.78, 5) is 28.9. The number of methoxy groups -OCH3 is 1. The Bertz CT molecular complexity index is 926. The SMILES string of the molecule is CCc1ccccc1NC(=O)C1CC2CCCCC2N1C(=O)c1ccccc1OC. The molecular weight excluding hydrogens is 376 g/mol. The monoisotopic (exact) mass is 406 g/mol. The standard InChI is InChI=1S/C25H30N2O3/c1-3-17-10-4-7-13-20(17)26-24(28)22-16-18-11-5-8-14-21(18)27(22)25(29)19-12-6-9-15-23(19)30-2/h4,6-7,9-10,12-13,15,18,21-22H,3,5,8,11,14,16H2,1-2H3,(H,26,28). The van der Waals surface area contributed by atoms with Crippen LogP contribution in [-0.2, 0) is 11.2 Å². The molecule has 3 unspecified atom stereocenters. The summed E-state index contributed by atoms with van der Waals surface area (Å²) in [5, 5.41) is 3.11. The van der Waals surface area contributed by atoms with Crippen LogP contribution < -0.4 is 10.1 Å². The maximum Gasteiger partial charge on any atom is 0.258 e. The van der Waals surface area contributed by atoms with Gasteiger partial charge in [0, 0.05) is 11.7 Å². The lowest BCUT2D eigenvalue weighted by molar-refractivity contribution is -0.120. The summed E-state index contributed by atoms with van der Waals surface area (Å²) in [6.45, 7) is 2.08. The number of anilines is 1. The predicted molar refractivity (Wildman–Crippen MR) is 118 cm³/mol. The molecule has 30 heavy (non-hydrogen) atoms. The smallest absolute Gasteiger partial charge is 0.258 e. The third-order valence-corrected chi connectivity index (χ3v) is 6.62.